The first kappa shape index (κ1) is 11.1. The predicted molar refractivity (Wildman–Crippen MR) is 61.4 cm³/mol. The lowest BCUT2D eigenvalue weighted by Crippen LogP contribution is -2.18. The summed E-state index contributed by atoms with van der Waals surface area (Å²) in [5.74, 6) is 3.34. The van der Waals surface area contributed by atoms with Crippen molar-refractivity contribution >= 4 is 13.9 Å². The van der Waals surface area contributed by atoms with Gasteiger partial charge in [0.25, 0.3) is 0 Å². The summed E-state index contributed by atoms with van der Waals surface area (Å²) < 4.78 is 0. The average molecular weight is 207 g/mol. The summed E-state index contributed by atoms with van der Waals surface area (Å²) in [7, 11) is -1.24. The molecule has 1 aliphatic rings. The van der Waals surface area contributed by atoms with E-state index in [9.17, 15) is 4.79 Å². The second kappa shape index (κ2) is 4.47. The summed E-state index contributed by atoms with van der Waals surface area (Å²) in [5, 5.41) is 3.17. The van der Waals surface area contributed by atoms with E-state index in [2.05, 4.69) is 36.4 Å². The Morgan fingerprint density at radius 2 is 2.14 bits per heavy atom. The van der Waals surface area contributed by atoms with Gasteiger partial charge in [-0.05, 0) is 6.42 Å². The van der Waals surface area contributed by atoms with Gasteiger partial charge in [0.05, 0.1) is 6.54 Å². The lowest BCUT2D eigenvalue weighted by Gasteiger charge is -2.04. The van der Waals surface area contributed by atoms with Crippen LogP contribution in [0.15, 0.2) is 11.8 Å². The summed E-state index contributed by atoms with van der Waals surface area (Å²) in [5.41, 5.74) is 4.31. The molecule has 0 saturated carbocycles. The van der Waals surface area contributed by atoms with Gasteiger partial charge in [0, 0.05) is 18.2 Å². The van der Waals surface area contributed by atoms with Crippen molar-refractivity contribution in [1.82, 2.24) is 5.32 Å². The van der Waals surface area contributed by atoms with Crippen molar-refractivity contribution in [2.75, 3.05) is 6.54 Å². The fraction of sp³-hybridized carbons (Fsp3) is 0.545. The number of carbonyl (C=O) groups excluding carboxylic acids is 1. The Kier molecular flexibility index (Phi) is 3.53. The van der Waals surface area contributed by atoms with E-state index < -0.39 is 8.07 Å². The maximum Gasteiger partial charge on any atom is 0.157 e. The monoisotopic (exact) mass is 207 g/mol. The van der Waals surface area contributed by atoms with Crippen LogP contribution in [0.25, 0.3) is 0 Å². The van der Waals surface area contributed by atoms with Gasteiger partial charge < -0.3 is 5.32 Å². The molecule has 3 heteroatoms. The predicted octanol–water partition coefficient (Wildman–Crippen LogP) is 1.70. The van der Waals surface area contributed by atoms with Crippen LogP contribution < -0.4 is 5.32 Å². The van der Waals surface area contributed by atoms with Gasteiger partial charge in [-0.15, -0.1) is 5.54 Å². The lowest BCUT2D eigenvalue weighted by molar-refractivity contribution is -0.114. The van der Waals surface area contributed by atoms with Gasteiger partial charge in [-0.2, -0.15) is 0 Å². The summed E-state index contributed by atoms with van der Waals surface area (Å²) in [6, 6.07) is 0. The zero-order valence-electron chi connectivity index (χ0n) is 9.11. The Hall–Kier alpha value is -1.01. The third-order valence-electron chi connectivity index (χ3n) is 1.84. The van der Waals surface area contributed by atoms with Crippen LogP contribution in [0.4, 0.5) is 0 Å². The SMILES string of the molecule is C[Si](C)(C)C#CCNC1=CC(=O)CC1. The highest BCUT2D eigenvalue weighted by Gasteiger charge is 2.10. The molecule has 0 atom stereocenters. The molecule has 1 N–H and O–H groups in total. The second-order valence-corrected chi connectivity index (χ2v) is 9.29. The zero-order valence-corrected chi connectivity index (χ0v) is 10.1. The van der Waals surface area contributed by atoms with E-state index in [4.69, 9.17) is 0 Å². The molecule has 0 saturated heterocycles. The Morgan fingerprint density at radius 3 is 2.64 bits per heavy atom. The van der Waals surface area contributed by atoms with Crippen LogP contribution in [0.2, 0.25) is 19.6 Å². The van der Waals surface area contributed by atoms with E-state index in [-0.39, 0.29) is 5.78 Å². The first-order valence-corrected chi connectivity index (χ1v) is 8.45. The van der Waals surface area contributed by atoms with E-state index in [1.807, 2.05) is 0 Å². The molecule has 0 aromatic rings. The first-order chi connectivity index (χ1) is 6.47. The number of allylic oxidation sites excluding steroid dienone is 2. The zero-order chi connectivity index (χ0) is 10.6. The number of hydrogen-bond acceptors (Lipinski definition) is 2. The van der Waals surface area contributed by atoms with Gasteiger partial charge in [0.15, 0.2) is 5.78 Å². The fourth-order valence-electron chi connectivity index (χ4n) is 1.20. The number of hydrogen-bond donors (Lipinski definition) is 1. The van der Waals surface area contributed by atoms with Gasteiger partial charge >= 0.3 is 0 Å². The average Bonchev–Trinajstić information content (AvgIpc) is 2.44. The molecule has 14 heavy (non-hydrogen) atoms. The molecule has 76 valence electrons. The van der Waals surface area contributed by atoms with Crippen LogP contribution in [-0.2, 0) is 4.79 Å². The van der Waals surface area contributed by atoms with Crippen molar-refractivity contribution in [2.45, 2.75) is 32.5 Å². The Morgan fingerprint density at radius 1 is 1.43 bits per heavy atom. The smallest absolute Gasteiger partial charge is 0.157 e. The first-order valence-electron chi connectivity index (χ1n) is 4.95. The van der Waals surface area contributed by atoms with Gasteiger partial charge in [-0.1, -0.05) is 25.6 Å². The van der Waals surface area contributed by atoms with Gasteiger partial charge in [0.2, 0.25) is 0 Å². The van der Waals surface area contributed by atoms with Crippen molar-refractivity contribution in [3.05, 3.63) is 11.8 Å². The summed E-state index contributed by atoms with van der Waals surface area (Å²) in [4.78, 5) is 10.9. The van der Waals surface area contributed by atoms with Crippen LogP contribution in [0.5, 0.6) is 0 Å². The molecule has 1 rings (SSSR count). The van der Waals surface area contributed by atoms with E-state index in [1.54, 1.807) is 6.08 Å². The van der Waals surface area contributed by atoms with E-state index in [1.165, 1.54) is 0 Å². The Labute approximate surface area is 86.8 Å². The Bertz CT molecular complexity index is 314. The van der Waals surface area contributed by atoms with Crippen molar-refractivity contribution in [2.24, 2.45) is 0 Å². The number of nitrogens with one attached hydrogen (secondary N) is 1. The quantitative estimate of drug-likeness (QED) is 0.551. The molecule has 1 aliphatic carbocycles. The van der Waals surface area contributed by atoms with Crippen LogP contribution in [-0.4, -0.2) is 20.4 Å². The van der Waals surface area contributed by atoms with Gasteiger partial charge in [-0.3, -0.25) is 4.79 Å². The molecule has 0 radical (unpaired) electrons. The van der Waals surface area contributed by atoms with Crippen LogP contribution in [0.3, 0.4) is 0 Å². The number of rotatable bonds is 2. The molecular formula is C11H17NOSi. The van der Waals surface area contributed by atoms with Crippen molar-refractivity contribution < 1.29 is 4.79 Å². The van der Waals surface area contributed by atoms with Crippen molar-refractivity contribution in [1.29, 1.82) is 0 Å². The molecule has 0 fully saturated rings. The molecular weight excluding hydrogens is 190 g/mol. The highest BCUT2D eigenvalue weighted by atomic mass is 28.3. The molecule has 0 heterocycles. The van der Waals surface area contributed by atoms with Crippen LogP contribution >= 0.6 is 0 Å². The highest BCUT2D eigenvalue weighted by molar-refractivity contribution is 6.83. The van der Waals surface area contributed by atoms with Crippen LogP contribution in [0, 0.1) is 11.5 Å². The maximum absolute atomic E-state index is 10.9. The van der Waals surface area contributed by atoms with Gasteiger partial charge in [0.1, 0.15) is 8.07 Å². The molecule has 0 bridgehead atoms. The van der Waals surface area contributed by atoms with E-state index in [0.29, 0.717) is 13.0 Å². The van der Waals surface area contributed by atoms with Crippen molar-refractivity contribution in [3.8, 4) is 11.5 Å². The second-order valence-electron chi connectivity index (χ2n) is 4.54. The molecule has 0 amide bonds. The molecule has 0 unspecified atom stereocenters. The fourth-order valence-corrected chi connectivity index (χ4v) is 1.82. The lowest BCUT2D eigenvalue weighted by atomic mass is 10.3. The molecule has 0 aliphatic heterocycles. The van der Waals surface area contributed by atoms with E-state index in [0.717, 1.165) is 12.1 Å². The van der Waals surface area contributed by atoms with E-state index >= 15 is 0 Å². The van der Waals surface area contributed by atoms with Crippen molar-refractivity contribution in [3.63, 3.8) is 0 Å². The minimum Gasteiger partial charge on any atom is -0.377 e. The molecule has 0 aromatic carbocycles. The van der Waals surface area contributed by atoms with Crippen LogP contribution in [0.1, 0.15) is 12.8 Å². The Balaban J connectivity index is 2.31. The normalized spacial score (nSPS) is 15.9. The number of ketones is 1. The summed E-state index contributed by atoms with van der Waals surface area (Å²) in [6.07, 6.45) is 3.20. The minimum absolute atomic E-state index is 0.227. The molecule has 0 aromatic heterocycles. The topological polar surface area (TPSA) is 29.1 Å². The van der Waals surface area contributed by atoms with Gasteiger partial charge in [-0.25, -0.2) is 0 Å². The minimum atomic E-state index is -1.24. The largest absolute Gasteiger partial charge is 0.377 e. The molecule has 2 nitrogen and oxygen atoms in total. The third-order valence-corrected chi connectivity index (χ3v) is 2.77. The maximum atomic E-state index is 10.9. The number of carbonyl (C=O) groups is 1. The standard InChI is InChI=1S/C11H17NOSi/c1-14(2,3)8-4-7-12-10-5-6-11(13)9-10/h9,12H,5-7H2,1-3H3. The summed E-state index contributed by atoms with van der Waals surface area (Å²) in [6.45, 7) is 7.33. The highest BCUT2D eigenvalue weighted by Crippen LogP contribution is 2.10. The molecule has 0 spiro atoms. The summed E-state index contributed by atoms with van der Waals surface area (Å²) >= 11 is 0. The third kappa shape index (κ3) is 4.29.